The average Bonchev–Trinajstić information content (AvgIpc) is 2.93. The first kappa shape index (κ1) is 16.0. The molecule has 0 unspecified atom stereocenters. The summed E-state index contributed by atoms with van der Waals surface area (Å²) in [5.41, 5.74) is 1.14. The number of rotatable bonds is 7. The minimum atomic E-state index is -1.05. The lowest BCUT2D eigenvalue weighted by Gasteiger charge is -2.17. The van der Waals surface area contributed by atoms with Crippen LogP contribution in [0.15, 0.2) is 30.3 Å². The van der Waals surface area contributed by atoms with Crippen molar-refractivity contribution in [1.29, 1.82) is 0 Å². The number of aryl methyl sites for hydroxylation is 1. The van der Waals surface area contributed by atoms with Gasteiger partial charge >= 0.3 is 5.97 Å². The Morgan fingerprint density at radius 1 is 1.32 bits per heavy atom. The Balaban J connectivity index is 1.81. The lowest BCUT2D eigenvalue weighted by molar-refractivity contribution is -0.142. The second-order valence-electron chi connectivity index (χ2n) is 5.44. The number of benzene rings is 1. The highest BCUT2D eigenvalue weighted by Gasteiger charge is 2.30. The molecule has 1 aliphatic heterocycles. The third-order valence-corrected chi connectivity index (χ3v) is 3.73. The van der Waals surface area contributed by atoms with Crippen LogP contribution in [0, 0.1) is 0 Å². The molecule has 1 aromatic rings. The zero-order valence-corrected chi connectivity index (χ0v) is 12.2. The Labute approximate surface area is 128 Å². The molecule has 1 aromatic carbocycles. The van der Waals surface area contributed by atoms with E-state index in [0.717, 1.165) is 12.0 Å². The molecule has 1 saturated heterocycles. The molecule has 0 spiro atoms. The summed E-state index contributed by atoms with van der Waals surface area (Å²) in [6.45, 7) is 0. The van der Waals surface area contributed by atoms with Crippen molar-refractivity contribution in [2.24, 2.45) is 0 Å². The molecule has 0 bridgehead atoms. The van der Waals surface area contributed by atoms with E-state index in [2.05, 4.69) is 10.6 Å². The molecule has 0 saturated carbocycles. The van der Waals surface area contributed by atoms with Gasteiger partial charge in [0.2, 0.25) is 11.8 Å². The van der Waals surface area contributed by atoms with Crippen LogP contribution in [-0.2, 0) is 20.8 Å². The number of carboxylic acid groups (broad SMARTS) is 1. The van der Waals surface area contributed by atoms with Gasteiger partial charge in [-0.1, -0.05) is 30.3 Å². The maximum atomic E-state index is 11.9. The van der Waals surface area contributed by atoms with E-state index < -0.39 is 24.0 Å². The van der Waals surface area contributed by atoms with E-state index in [0.29, 0.717) is 25.7 Å². The molecule has 1 heterocycles. The third kappa shape index (κ3) is 4.58. The van der Waals surface area contributed by atoms with Gasteiger partial charge in [-0.15, -0.1) is 0 Å². The van der Waals surface area contributed by atoms with E-state index in [4.69, 9.17) is 0 Å². The summed E-state index contributed by atoms with van der Waals surface area (Å²) in [4.78, 5) is 34.3. The van der Waals surface area contributed by atoms with Crippen LogP contribution < -0.4 is 10.6 Å². The molecule has 22 heavy (non-hydrogen) atoms. The molecule has 0 radical (unpaired) electrons. The highest BCUT2D eigenvalue weighted by molar-refractivity contribution is 5.92. The number of aliphatic carboxylic acids is 1. The Morgan fingerprint density at radius 3 is 2.64 bits per heavy atom. The van der Waals surface area contributed by atoms with Gasteiger partial charge in [-0.2, -0.15) is 0 Å². The smallest absolute Gasteiger partial charge is 0.326 e. The molecule has 0 aliphatic carbocycles. The molecule has 0 aromatic heterocycles. The van der Waals surface area contributed by atoms with Crippen molar-refractivity contribution in [3.05, 3.63) is 35.9 Å². The maximum absolute atomic E-state index is 11.9. The topological polar surface area (TPSA) is 95.5 Å². The van der Waals surface area contributed by atoms with E-state index >= 15 is 0 Å². The van der Waals surface area contributed by atoms with Crippen molar-refractivity contribution in [3.8, 4) is 0 Å². The van der Waals surface area contributed by atoms with Gasteiger partial charge in [0.15, 0.2) is 0 Å². The van der Waals surface area contributed by atoms with Crippen molar-refractivity contribution in [2.75, 3.05) is 0 Å². The number of hydrogen-bond donors (Lipinski definition) is 3. The molecule has 6 nitrogen and oxygen atoms in total. The SMILES string of the molecule is O=C1CC[C@H](C(=O)N[C@@H](CCCc2ccccc2)C(=O)O)N1. The molecule has 6 heteroatoms. The summed E-state index contributed by atoms with van der Waals surface area (Å²) in [7, 11) is 0. The molecule has 2 rings (SSSR count). The van der Waals surface area contributed by atoms with Crippen molar-refractivity contribution in [3.63, 3.8) is 0 Å². The fraction of sp³-hybridized carbons (Fsp3) is 0.438. The van der Waals surface area contributed by atoms with Crippen LogP contribution >= 0.6 is 0 Å². The average molecular weight is 304 g/mol. The summed E-state index contributed by atoms with van der Waals surface area (Å²) in [6.07, 6.45) is 2.51. The number of carbonyl (C=O) groups is 3. The molecular weight excluding hydrogens is 284 g/mol. The maximum Gasteiger partial charge on any atom is 0.326 e. The van der Waals surface area contributed by atoms with E-state index in [1.807, 2.05) is 30.3 Å². The third-order valence-electron chi connectivity index (χ3n) is 3.73. The number of hydrogen-bond acceptors (Lipinski definition) is 3. The van der Waals surface area contributed by atoms with Gasteiger partial charge in [0.25, 0.3) is 0 Å². The van der Waals surface area contributed by atoms with Gasteiger partial charge in [-0.3, -0.25) is 9.59 Å². The lowest BCUT2D eigenvalue weighted by atomic mass is 10.0. The predicted molar refractivity (Wildman–Crippen MR) is 80.1 cm³/mol. The Bertz CT molecular complexity index is 544. The standard InChI is InChI=1S/C16H20N2O4/c19-14-10-9-12(17-14)15(20)18-13(16(21)22)8-4-7-11-5-2-1-3-6-11/h1-3,5-6,12-13H,4,7-10H2,(H,17,19)(H,18,20)(H,21,22)/t12-,13+/m1/s1. The van der Waals surface area contributed by atoms with E-state index in [9.17, 15) is 19.5 Å². The first-order chi connectivity index (χ1) is 10.6. The molecule has 1 aliphatic rings. The molecule has 118 valence electrons. The zero-order valence-electron chi connectivity index (χ0n) is 12.2. The Morgan fingerprint density at radius 2 is 2.05 bits per heavy atom. The molecule has 2 atom stereocenters. The summed E-state index contributed by atoms with van der Waals surface area (Å²) < 4.78 is 0. The van der Waals surface area contributed by atoms with Crippen LogP contribution in [0.4, 0.5) is 0 Å². The minimum Gasteiger partial charge on any atom is -0.480 e. The molecule has 1 fully saturated rings. The van der Waals surface area contributed by atoms with Crippen LogP contribution in [0.3, 0.4) is 0 Å². The van der Waals surface area contributed by atoms with Crippen LogP contribution in [0.1, 0.15) is 31.2 Å². The minimum absolute atomic E-state index is 0.170. The number of amides is 2. The van der Waals surface area contributed by atoms with E-state index in [1.54, 1.807) is 0 Å². The number of nitrogens with one attached hydrogen (secondary N) is 2. The fourth-order valence-electron chi connectivity index (χ4n) is 2.50. The fourth-order valence-corrected chi connectivity index (χ4v) is 2.50. The highest BCUT2D eigenvalue weighted by atomic mass is 16.4. The second kappa shape index (κ2) is 7.59. The second-order valence-corrected chi connectivity index (χ2v) is 5.44. The van der Waals surface area contributed by atoms with Gasteiger partial charge in [0, 0.05) is 6.42 Å². The molecular formula is C16H20N2O4. The van der Waals surface area contributed by atoms with Crippen molar-refractivity contribution < 1.29 is 19.5 Å². The molecule has 2 amide bonds. The quantitative estimate of drug-likeness (QED) is 0.696. The summed E-state index contributed by atoms with van der Waals surface area (Å²) in [5.74, 6) is -1.64. The van der Waals surface area contributed by atoms with Crippen LogP contribution in [-0.4, -0.2) is 35.0 Å². The van der Waals surface area contributed by atoms with Gasteiger partial charge < -0.3 is 15.7 Å². The Hall–Kier alpha value is -2.37. The largest absolute Gasteiger partial charge is 0.480 e. The highest BCUT2D eigenvalue weighted by Crippen LogP contribution is 2.09. The summed E-state index contributed by atoms with van der Waals surface area (Å²) in [6, 6.07) is 8.25. The number of carboxylic acids is 1. The number of carbonyl (C=O) groups excluding carboxylic acids is 2. The first-order valence-electron chi connectivity index (χ1n) is 7.42. The predicted octanol–water partition coefficient (Wildman–Crippen LogP) is 0.857. The first-order valence-corrected chi connectivity index (χ1v) is 7.42. The zero-order chi connectivity index (χ0) is 15.9. The van der Waals surface area contributed by atoms with Gasteiger partial charge in [0.05, 0.1) is 0 Å². The van der Waals surface area contributed by atoms with E-state index in [1.165, 1.54) is 0 Å². The van der Waals surface area contributed by atoms with E-state index in [-0.39, 0.29) is 5.91 Å². The van der Waals surface area contributed by atoms with Crippen molar-refractivity contribution in [1.82, 2.24) is 10.6 Å². The van der Waals surface area contributed by atoms with Crippen LogP contribution in [0.25, 0.3) is 0 Å². The summed E-state index contributed by atoms with van der Waals surface area (Å²) in [5, 5.41) is 14.3. The van der Waals surface area contributed by atoms with Crippen molar-refractivity contribution in [2.45, 2.75) is 44.2 Å². The van der Waals surface area contributed by atoms with Gasteiger partial charge in [-0.25, -0.2) is 4.79 Å². The van der Waals surface area contributed by atoms with Gasteiger partial charge in [-0.05, 0) is 31.2 Å². The Kier molecular flexibility index (Phi) is 5.52. The van der Waals surface area contributed by atoms with Crippen LogP contribution in [0.5, 0.6) is 0 Å². The molecule has 3 N–H and O–H groups in total. The normalized spacial score (nSPS) is 18.5. The van der Waals surface area contributed by atoms with Gasteiger partial charge in [0.1, 0.15) is 12.1 Å². The van der Waals surface area contributed by atoms with Crippen LogP contribution in [0.2, 0.25) is 0 Å². The van der Waals surface area contributed by atoms with Crippen molar-refractivity contribution >= 4 is 17.8 Å². The lowest BCUT2D eigenvalue weighted by Crippen LogP contribution is -2.48. The summed E-state index contributed by atoms with van der Waals surface area (Å²) >= 11 is 0. The monoisotopic (exact) mass is 304 g/mol.